The quantitative estimate of drug-likeness (QED) is 0.764. The van der Waals surface area contributed by atoms with Crippen molar-refractivity contribution in [3.63, 3.8) is 0 Å². The normalized spacial score (nSPS) is 15.2. The number of aliphatic carboxylic acids is 1. The van der Waals surface area contributed by atoms with Crippen molar-refractivity contribution in [1.82, 2.24) is 0 Å². The van der Waals surface area contributed by atoms with Crippen LogP contribution in [-0.4, -0.2) is 27.4 Å². The maximum Gasteiger partial charge on any atom is 0.306 e. The van der Waals surface area contributed by atoms with Crippen LogP contribution in [0.4, 0.5) is 0 Å². The summed E-state index contributed by atoms with van der Waals surface area (Å²) >= 11 is 0. The summed E-state index contributed by atoms with van der Waals surface area (Å²) in [6, 6.07) is 7.20. The summed E-state index contributed by atoms with van der Waals surface area (Å²) in [7, 11) is 0. The van der Waals surface area contributed by atoms with E-state index in [1.54, 1.807) is 12.1 Å². The summed E-state index contributed by atoms with van der Waals surface area (Å²) in [4.78, 5) is 10.5. The van der Waals surface area contributed by atoms with E-state index in [2.05, 4.69) is 20.8 Å². The van der Waals surface area contributed by atoms with Crippen molar-refractivity contribution < 1.29 is 20.1 Å². The lowest BCUT2D eigenvalue weighted by Gasteiger charge is -2.21. The number of benzene rings is 1. The Kier molecular flexibility index (Phi) is 4.48. The molecule has 1 aromatic rings. The van der Waals surface area contributed by atoms with Gasteiger partial charge in [0.1, 0.15) is 6.10 Å². The fourth-order valence-corrected chi connectivity index (χ4v) is 1.69. The summed E-state index contributed by atoms with van der Waals surface area (Å²) < 4.78 is 0. The molecule has 0 aliphatic rings. The molecule has 0 bridgehead atoms. The van der Waals surface area contributed by atoms with E-state index in [0.717, 1.165) is 5.56 Å². The van der Waals surface area contributed by atoms with E-state index in [4.69, 9.17) is 5.11 Å². The molecule has 4 heteroatoms. The lowest BCUT2D eigenvalue weighted by Crippen LogP contribution is -2.22. The second kappa shape index (κ2) is 5.50. The molecular formula is C14H20O4. The van der Waals surface area contributed by atoms with Crippen LogP contribution in [0.1, 0.15) is 44.4 Å². The molecule has 0 aliphatic heterocycles. The van der Waals surface area contributed by atoms with Gasteiger partial charge in [0, 0.05) is 0 Å². The van der Waals surface area contributed by atoms with Gasteiger partial charge in [-0.3, -0.25) is 4.79 Å². The standard InChI is InChI=1S/C14H20O4/c1-14(2,3)10-6-4-9(5-7-10)13(18)11(15)8-12(16)17/h4-7,11,13,15,18H,8H2,1-3H3,(H,16,17). The third kappa shape index (κ3) is 3.82. The molecule has 1 aromatic carbocycles. The minimum absolute atomic E-state index is 0.0170. The van der Waals surface area contributed by atoms with Gasteiger partial charge in [-0.1, -0.05) is 45.0 Å². The Hall–Kier alpha value is -1.39. The predicted molar refractivity (Wildman–Crippen MR) is 68.4 cm³/mol. The zero-order valence-corrected chi connectivity index (χ0v) is 10.9. The third-order valence-corrected chi connectivity index (χ3v) is 2.87. The fourth-order valence-electron chi connectivity index (χ4n) is 1.69. The molecule has 1 rings (SSSR count). The molecule has 0 saturated heterocycles. The topological polar surface area (TPSA) is 77.8 Å². The molecule has 2 unspecified atom stereocenters. The monoisotopic (exact) mass is 252 g/mol. The minimum atomic E-state index is -1.29. The number of aliphatic hydroxyl groups is 2. The Bertz CT molecular complexity index is 403. The molecule has 4 nitrogen and oxygen atoms in total. The number of carboxylic acid groups (broad SMARTS) is 1. The maximum absolute atomic E-state index is 10.5. The number of hydrogen-bond donors (Lipinski definition) is 3. The predicted octanol–water partition coefficient (Wildman–Crippen LogP) is 1.85. The van der Waals surface area contributed by atoms with Crippen molar-refractivity contribution in [1.29, 1.82) is 0 Å². The molecule has 0 aromatic heterocycles. The first-order chi connectivity index (χ1) is 8.21. The van der Waals surface area contributed by atoms with Crippen molar-refractivity contribution >= 4 is 5.97 Å². The van der Waals surface area contributed by atoms with Gasteiger partial charge in [0.05, 0.1) is 12.5 Å². The molecule has 0 saturated carbocycles. The van der Waals surface area contributed by atoms with Gasteiger partial charge < -0.3 is 15.3 Å². The van der Waals surface area contributed by atoms with Gasteiger partial charge in [-0.2, -0.15) is 0 Å². The van der Waals surface area contributed by atoms with Crippen LogP contribution in [0, 0.1) is 0 Å². The lowest BCUT2D eigenvalue weighted by atomic mass is 9.86. The molecular weight excluding hydrogens is 232 g/mol. The van der Waals surface area contributed by atoms with Crippen LogP contribution in [0.15, 0.2) is 24.3 Å². The first kappa shape index (κ1) is 14.7. The average molecular weight is 252 g/mol. The van der Waals surface area contributed by atoms with Gasteiger partial charge in [-0.05, 0) is 16.5 Å². The van der Waals surface area contributed by atoms with E-state index in [-0.39, 0.29) is 5.41 Å². The zero-order chi connectivity index (χ0) is 13.9. The van der Waals surface area contributed by atoms with Crippen LogP contribution in [0.5, 0.6) is 0 Å². The van der Waals surface area contributed by atoms with Gasteiger partial charge in [0.25, 0.3) is 0 Å². The first-order valence-electron chi connectivity index (χ1n) is 5.90. The third-order valence-electron chi connectivity index (χ3n) is 2.87. The summed E-state index contributed by atoms with van der Waals surface area (Å²) in [6.45, 7) is 6.24. The van der Waals surface area contributed by atoms with Gasteiger partial charge in [-0.15, -0.1) is 0 Å². The molecule has 3 N–H and O–H groups in total. The van der Waals surface area contributed by atoms with E-state index in [1.165, 1.54) is 0 Å². The van der Waals surface area contributed by atoms with Crippen LogP contribution < -0.4 is 0 Å². The second-order valence-corrected chi connectivity index (χ2v) is 5.48. The second-order valence-electron chi connectivity index (χ2n) is 5.48. The van der Waals surface area contributed by atoms with Crippen molar-refractivity contribution in [3.05, 3.63) is 35.4 Å². The molecule has 2 atom stereocenters. The highest BCUT2D eigenvalue weighted by atomic mass is 16.4. The van der Waals surface area contributed by atoms with Crippen LogP contribution in [-0.2, 0) is 10.2 Å². The maximum atomic E-state index is 10.5. The van der Waals surface area contributed by atoms with Gasteiger partial charge in [0.2, 0.25) is 0 Å². The summed E-state index contributed by atoms with van der Waals surface area (Å²) in [5, 5.41) is 27.9. The highest BCUT2D eigenvalue weighted by Gasteiger charge is 2.21. The molecule has 18 heavy (non-hydrogen) atoms. The average Bonchev–Trinajstić information content (AvgIpc) is 2.26. The molecule has 0 heterocycles. The van der Waals surface area contributed by atoms with Gasteiger partial charge in [0.15, 0.2) is 0 Å². The molecule has 0 spiro atoms. The Labute approximate surface area is 107 Å². The molecule has 0 radical (unpaired) electrons. The molecule has 0 aliphatic carbocycles. The zero-order valence-electron chi connectivity index (χ0n) is 10.9. The van der Waals surface area contributed by atoms with E-state index in [9.17, 15) is 15.0 Å². The van der Waals surface area contributed by atoms with Crippen molar-refractivity contribution in [3.8, 4) is 0 Å². The molecule has 100 valence electrons. The number of rotatable bonds is 4. The van der Waals surface area contributed by atoms with Gasteiger partial charge >= 0.3 is 5.97 Å². The summed E-state index contributed by atoms with van der Waals surface area (Å²) in [6.07, 6.45) is -2.93. The highest BCUT2D eigenvalue weighted by molar-refractivity contribution is 5.67. The number of aliphatic hydroxyl groups excluding tert-OH is 2. The van der Waals surface area contributed by atoms with Crippen LogP contribution in [0.3, 0.4) is 0 Å². The number of carboxylic acids is 1. The summed E-state index contributed by atoms with van der Waals surface area (Å²) in [5.41, 5.74) is 1.66. The molecule has 0 amide bonds. The van der Waals surface area contributed by atoms with E-state index in [1.807, 2.05) is 12.1 Å². The van der Waals surface area contributed by atoms with E-state index in [0.29, 0.717) is 5.56 Å². The van der Waals surface area contributed by atoms with Crippen LogP contribution in [0.2, 0.25) is 0 Å². The van der Waals surface area contributed by atoms with Crippen LogP contribution in [0.25, 0.3) is 0 Å². The lowest BCUT2D eigenvalue weighted by molar-refractivity contribution is -0.141. The molecule has 0 fully saturated rings. The van der Waals surface area contributed by atoms with E-state index >= 15 is 0 Å². The minimum Gasteiger partial charge on any atom is -0.481 e. The summed E-state index contributed by atoms with van der Waals surface area (Å²) in [5.74, 6) is -1.13. The Morgan fingerprint density at radius 2 is 1.67 bits per heavy atom. The largest absolute Gasteiger partial charge is 0.481 e. The highest BCUT2D eigenvalue weighted by Crippen LogP contribution is 2.25. The Morgan fingerprint density at radius 3 is 2.06 bits per heavy atom. The Morgan fingerprint density at radius 1 is 1.17 bits per heavy atom. The van der Waals surface area contributed by atoms with Crippen molar-refractivity contribution in [2.45, 2.75) is 44.8 Å². The first-order valence-corrected chi connectivity index (χ1v) is 5.90. The van der Waals surface area contributed by atoms with Crippen molar-refractivity contribution in [2.75, 3.05) is 0 Å². The van der Waals surface area contributed by atoms with Gasteiger partial charge in [-0.25, -0.2) is 0 Å². The SMILES string of the molecule is CC(C)(C)c1ccc(C(O)C(O)CC(=O)O)cc1. The van der Waals surface area contributed by atoms with Crippen LogP contribution >= 0.6 is 0 Å². The van der Waals surface area contributed by atoms with E-state index < -0.39 is 24.6 Å². The fraction of sp³-hybridized carbons (Fsp3) is 0.500. The Balaban J connectivity index is 2.82. The van der Waals surface area contributed by atoms with Crippen molar-refractivity contribution in [2.24, 2.45) is 0 Å². The smallest absolute Gasteiger partial charge is 0.306 e. The number of carbonyl (C=O) groups is 1. The number of hydrogen-bond acceptors (Lipinski definition) is 3.